The zero-order chi connectivity index (χ0) is 14.8. The van der Waals surface area contributed by atoms with E-state index in [1.54, 1.807) is 0 Å². The first-order valence-corrected chi connectivity index (χ1v) is 7.74. The van der Waals surface area contributed by atoms with Gasteiger partial charge in [-0.2, -0.15) is 0 Å². The molecule has 0 radical (unpaired) electrons. The molecule has 0 unspecified atom stereocenters. The van der Waals surface area contributed by atoms with Crippen molar-refractivity contribution in [1.82, 2.24) is 19.1 Å². The first-order valence-electron chi connectivity index (χ1n) is 6.97. The standard InChI is InChI=1S/C15H16N4OS/c1-3-8-19-12-7-5-4-6-11(12)16-14(19)9-13(20)15-10(2)17-18-21-15/h4-7H,3,8-9H2,1-2H3. The number of nitrogens with zero attached hydrogens (tertiary/aromatic N) is 4. The Kier molecular flexibility index (Phi) is 3.79. The van der Waals surface area contributed by atoms with Crippen LogP contribution in [0.25, 0.3) is 11.0 Å². The second kappa shape index (κ2) is 5.73. The van der Waals surface area contributed by atoms with Crippen molar-refractivity contribution in [3.05, 3.63) is 40.7 Å². The number of hydrogen-bond donors (Lipinski definition) is 0. The lowest BCUT2D eigenvalue weighted by atomic mass is 10.2. The molecule has 21 heavy (non-hydrogen) atoms. The van der Waals surface area contributed by atoms with Gasteiger partial charge in [0.2, 0.25) is 0 Å². The number of ketones is 1. The summed E-state index contributed by atoms with van der Waals surface area (Å²) < 4.78 is 5.97. The third kappa shape index (κ3) is 2.58. The molecule has 3 aromatic rings. The average molecular weight is 300 g/mol. The molecule has 0 saturated heterocycles. The van der Waals surface area contributed by atoms with E-state index >= 15 is 0 Å². The van der Waals surface area contributed by atoms with Crippen LogP contribution in [0.3, 0.4) is 0 Å². The third-order valence-electron chi connectivity index (χ3n) is 3.40. The molecule has 0 aliphatic rings. The number of benzene rings is 1. The molecule has 0 aliphatic carbocycles. The molecule has 0 atom stereocenters. The molecule has 3 rings (SSSR count). The van der Waals surface area contributed by atoms with Gasteiger partial charge in [0.25, 0.3) is 0 Å². The quantitative estimate of drug-likeness (QED) is 0.680. The van der Waals surface area contributed by atoms with E-state index in [1.165, 1.54) is 0 Å². The Hall–Kier alpha value is -2.08. The molecule has 1 aromatic carbocycles. The monoisotopic (exact) mass is 300 g/mol. The van der Waals surface area contributed by atoms with Crippen LogP contribution < -0.4 is 0 Å². The number of carbonyl (C=O) groups excluding carboxylic acids is 1. The Bertz CT molecular complexity index is 790. The van der Waals surface area contributed by atoms with Gasteiger partial charge in [-0.05, 0) is 37.0 Å². The van der Waals surface area contributed by atoms with Gasteiger partial charge < -0.3 is 4.57 Å². The zero-order valence-corrected chi connectivity index (χ0v) is 12.9. The largest absolute Gasteiger partial charge is 0.328 e. The fourth-order valence-electron chi connectivity index (χ4n) is 2.44. The minimum Gasteiger partial charge on any atom is -0.328 e. The average Bonchev–Trinajstić information content (AvgIpc) is 3.04. The van der Waals surface area contributed by atoms with Crippen molar-refractivity contribution in [2.24, 2.45) is 0 Å². The summed E-state index contributed by atoms with van der Waals surface area (Å²) in [6.07, 6.45) is 1.29. The van der Waals surface area contributed by atoms with Gasteiger partial charge in [-0.1, -0.05) is 23.5 Å². The molecule has 0 aliphatic heterocycles. The fraction of sp³-hybridized carbons (Fsp3) is 0.333. The summed E-state index contributed by atoms with van der Waals surface area (Å²) in [5, 5.41) is 3.90. The molecule has 0 amide bonds. The van der Waals surface area contributed by atoms with E-state index in [0.29, 0.717) is 17.0 Å². The second-order valence-corrected chi connectivity index (χ2v) is 5.71. The van der Waals surface area contributed by atoms with Gasteiger partial charge in [0.15, 0.2) is 5.78 Å². The van der Waals surface area contributed by atoms with E-state index in [2.05, 4.69) is 26.1 Å². The maximum absolute atomic E-state index is 12.4. The van der Waals surface area contributed by atoms with Crippen molar-refractivity contribution < 1.29 is 4.79 Å². The molecule has 2 heterocycles. The van der Waals surface area contributed by atoms with Crippen LogP contribution in [0, 0.1) is 6.92 Å². The smallest absolute Gasteiger partial charge is 0.183 e. The van der Waals surface area contributed by atoms with Crippen LogP contribution in [0.5, 0.6) is 0 Å². The Labute approximate surface area is 126 Å². The summed E-state index contributed by atoms with van der Waals surface area (Å²) in [7, 11) is 0. The first-order chi connectivity index (χ1) is 10.2. The highest BCUT2D eigenvalue weighted by molar-refractivity contribution is 7.08. The van der Waals surface area contributed by atoms with Crippen LogP contribution in [0.15, 0.2) is 24.3 Å². The topological polar surface area (TPSA) is 60.7 Å². The maximum atomic E-state index is 12.4. The highest BCUT2D eigenvalue weighted by Gasteiger charge is 2.18. The third-order valence-corrected chi connectivity index (χ3v) is 4.27. The molecule has 0 fully saturated rings. The molecular formula is C15H16N4OS. The van der Waals surface area contributed by atoms with Crippen molar-refractivity contribution in [2.75, 3.05) is 0 Å². The molecule has 0 N–H and O–H groups in total. The molecule has 108 valence electrons. The van der Waals surface area contributed by atoms with Crippen molar-refractivity contribution in [2.45, 2.75) is 33.2 Å². The lowest BCUT2D eigenvalue weighted by Crippen LogP contribution is -2.10. The van der Waals surface area contributed by atoms with Crippen LogP contribution in [0.1, 0.15) is 34.5 Å². The van der Waals surface area contributed by atoms with Gasteiger partial charge in [0.1, 0.15) is 10.7 Å². The number of carbonyl (C=O) groups is 1. The van der Waals surface area contributed by atoms with E-state index in [-0.39, 0.29) is 5.78 Å². The number of rotatable bonds is 5. The van der Waals surface area contributed by atoms with Crippen LogP contribution in [-0.2, 0) is 13.0 Å². The molecule has 6 heteroatoms. The number of imidazole rings is 1. The van der Waals surface area contributed by atoms with Gasteiger partial charge in [-0.3, -0.25) is 4.79 Å². The lowest BCUT2D eigenvalue weighted by molar-refractivity contribution is 0.0993. The lowest BCUT2D eigenvalue weighted by Gasteiger charge is -2.06. The minimum atomic E-state index is 0.0372. The second-order valence-electron chi connectivity index (χ2n) is 4.96. The van der Waals surface area contributed by atoms with Crippen LogP contribution >= 0.6 is 11.5 Å². The van der Waals surface area contributed by atoms with E-state index < -0.39 is 0 Å². The van der Waals surface area contributed by atoms with Crippen molar-refractivity contribution in [3.63, 3.8) is 0 Å². The van der Waals surface area contributed by atoms with E-state index in [4.69, 9.17) is 0 Å². The summed E-state index contributed by atoms with van der Waals surface area (Å²) in [5.41, 5.74) is 2.72. The molecule has 0 bridgehead atoms. The number of aromatic nitrogens is 4. The molecule has 0 saturated carbocycles. The SMILES string of the molecule is CCCn1c(CC(=O)c2snnc2C)nc2ccccc21. The van der Waals surface area contributed by atoms with Crippen LogP contribution in [-0.4, -0.2) is 24.9 Å². The number of Topliss-reactive ketones (excluding diaryl/α,β-unsaturated/α-hetero) is 1. The van der Waals surface area contributed by atoms with E-state index in [1.807, 2.05) is 31.2 Å². The summed E-state index contributed by atoms with van der Waals surface area (Å²) in [6, 6.07) is 7.99. The summed E-state index contributed by atoms with van der Waals surface area (Å²) in [4.78, 5) is 17.7. The van der Waals surface area contributed by atoms with Crippen LogP contribution in [0.4, 0.5) is 0 Å². The van der Waals surface area contributed by atoms with Crippen LogP contribution in [0.2, 0.25) is 0 Å². The molecule has 5 nitrogen and oxygen atoms in total. The van der Waals surface area contributed by atoms with E-state index in [0.717, 1.165) is 41.4 Å². The van der Waals surface area contributed by atoms with Gasteiger partial charge in [0, 0.05) is 6.54 Å². The van der Waals surface area contributed by atoms with E-state index in [9.17, 15) is 4.79 Å². The zero-order valence-electron chi connectivity index (χ0n) is 12.0. The van der Waals surface area contributed by atoms with Gasteiger partial charge in [0.05, 0.1) is 23.1 Å². The summed E-state index contributed by atoms with van der Waals surface area (Å²) in [5.74, 6) is 0.853. The fourth-order valence-corrected chi connectivity index (χ4v) is 3.04. The highest BCUT2D eigenvalue weighted by Crippen LogP contribution is 2.19. The summed E-state index contributed by atoms with van der Waals surface area (Å²) >= 11 is 1.16. The number of hydrogen-bond acceptors (Lipinski definition) is 5. The van der Waals surface area contributed by atoms with Crippen molar-refractivity contribution in [1.29, 1.82) is 0 Å². The van der Waals surface area contributed by atoms with Crippen molar-refractivity contribution >= 4 is 28.3 Å². The molecule has 2 aromatic heterocycles. The normalized spacial score (nSPS) is 11.1. The Morgan fingerprint density at radius 3 is 2.86 bits per heavy atom. The first kappa shape index (κ1) is 13.9. The number of fused-ring (bicyclic) bond motifs is 1. The maximum Gasteiger partial charge on any atom is 0.183 e. The summed E-state index contributed by atoms with van der Waals surface area (Å²) in [6.45, 7) is 4.80. The highest BCUT2D eigenvalue weighted by atomic mass is 32.1. The Morgan fingerprint density at radius 1 is 1.33 bits per heavy atom. The predicted octanol–water partition coefficient (Wildman–Crippen LogP) is 3.03. The minimum absolute atomic E-state index is 0.0372. The number of para-hydroxylation sites is 2. The van der Waals surface area contributed by atoms with Gasteiger partial charge in [-0.25, -0.2) is 4.98 Å². The molecule has 0 spiro atoms. The predicted molar refractivity (Wildman–Crippen MR) is 82.7 cm³/mol. The van der Waals surface area contributed by atoms with Gasteiger partial charge >= 0.3 is 0 Å². The molecular weight excluding hydrogens is 284 g/mol. The number of aryl methyl sites for hydroxylation is 2. The Morgan fingerprint density at radius 2 is 2.14 bits per heavy atom. The van der Waals surface area contributed by atoms with Crippen molar-refractivity contribution in [3.8, 4) is 0 Å². The Balaban J connectivity index is 1.98. The van der Waals surface area contributed by atoms with Gasteiger partial charge in [-0.15, -0.1) is 5.10 Å².